The molecule has 1 heterocycles. The minimum absolute atomic E-state index is 0.0184. The van der Waals surface area contributed by atoms with E-state index >= 15 is 0 Å². The normalized spacial score (nSPS) is 15.9. The zero-order chi connectivity index (χ0) is 22.2. The van der Waals surface area contributed by atoms with Crippen molar-refractivity contribution in [1.29, 1.82) is 0 Å². The number of methoxy groups -OCH3 is 1. The van der Waals surface area contributed by atoms with Crippen LogP contribution in [-0.2, 0) is 16.0 Å². The zero-order valence-electron chi connectivity index (χ0n) is 17.1. The summed E-state index contributed by atoms with van der Waals surface area (Å²) in [6, 6.07) is 16.3. The predicted molar refractivity (Wildman–Crippen MR) is 119 cm³/mol. The van der Waals surface area contributed by atoms with Crippen LogP contribution in [0.25, 0.3) is 6.08 Å². The molecular formula is C23H24N2O5S. The van der Waals surface area contributed by atoms with Gasteiger partial charge in [0.05, 0.1) is 24.7 Å². The smallest absolute Gasteiger partial charge is 0.293 e. The molecule has 0 spiro atoms. The summed E-state index contributed by atoms with van der Waals surface area (Å²) < 4.78 is 5.17. The second kappa shape index (κ2) is 10.8. The SMILES string of the molecule is COc1cccc(C=C2SC(=O)N(CCC(=O)NC(CO)Cc3ccccc3)C2=O)c1. The Morgan fingerprint density at radius 2 is 1.97 bits per heavy atom. The van der Waals surface area contributed by atoms with Gasteiger partial charge in [-0.3, -0.25) is 19.3 Å². The van der Waals surface area contributed by atoms with E-state index < -0.39 is 17.2 Å². The number of nitrogens with zero attached hydrogens (tertiary/aromatic N) is 1. The molecule has 3 rings (SSSR count). The Bertz CT molecular complexity index is 977. The number of carbonyl (C=O) groups excluding carboxylic acids is 3. The van der Waals surface area contributed by atoms with Gasteiger partial charge in [-0.25, -0.2) is 0 Å². The number of ether oxygens (including phenoxy) is 1. The van der Waals surface area contributed by atoms with Gasteiger partial charge in [0, 0.05) is 13.0 Å². The topological polar surface area (TPSA) is 95.9 Å². The van der Waals surface area contributed by atoms with Gasteiger partial charge in [-0.05, 0) is 47.5 Å². The van der Waals surface area contributed by atoms with Gasteiger partial charge in [-0.15, -0.1) is 0 Å². The molecule has 1 saturated heterocycles. The first-order valence-electron chi connectivity index (χ1n) is 9.83. The largest absolute Gasteiger partial charge is 0.497 e. The molecule has 31 heavy (non-hydrogen) atoms. The number of aliphatic hydroxyl groups excluding tert-OH is 1. The Labute approximate surface area is 185 Å². The number of nitrogens with one attached hydrogen (secondary N) is 1. The highest BCUT2D eigenvalue weighted by Gasteiger charge is 2.35. The van der Waals surface area contributed by atoms with Crippen molar-refractivity contribution in [2.24, 2.45) is 0 Å². The van der Waals surface area contributed by atoms with Gasteiger partial charge < -0.3 is 15.2 Å². The highest BCUT2D eigenvalue weighted by molar-refractivity contribution is 8.18. The molecule has 1 aliphatic heterocycles. The van der Waals surface area contributed by atoms with Crippen LogP contribution in [0.3, 0.4) is 0 Å². The molecule has 2 aromatic rings. The van der Waals surface area contributed by atoms with E-state index in [-0.39, 0.29) is 25.5 Å². The first-order valence-corrected chi connectivity index (χ1v) is 10.7. The van der Waals surface area contributed by atoms with Crippen LogP contribution in [0.1, 0.15) is 17.5 Å². The van der Waals surface area contributed by atoms with Crippen LogP contribution in [0.2, 0.25) is 0 Å². The summed E-state index contributed by atoms with van der Waals surface area (Å²) in [6.45, 7) is -0.221. The Morgan fingerprint density at radius 3 is 2.68 bits per heavy atom. The van der Waals surface area contributed by atoms with Crippen molar-refractivity contribution < 1.29 is 24.2 Å². The predicted octanol–water partition coefficient (Wildman–Crippen LogP) is 2.84. The van der Waals surface area contributed by atoms with Crippen molar-refractivity contribution in [2.75, 3.05) is 20.3 Å². The fourth-order valence-electron chi connectivity index (χ4n) is 3.15. The highest BCUT2D eigenvalue weighted by atomic mass is 32.2. The number of carbonyl (C=O) groups is 3. The fourth-order valence-corrected chi connectivity index (χ4v) is 4.01. The number of benzene rings is 2. The third-order valence-electron chi connectivity index (χ3n) is 4.74. The number of rotatable bonds is 9. The minimum atomic E-state index is -0.433. The van der Waals surface area contributed by atoms with Crippen LogP contribution in [0, 0.1) is 0 Å². The number of imide groups is 1. The number of amides is 3. The van der Waals surface area contributed by atoms with Gasteiger partial charge >= 0.3 is 0 Å². The molecule has 1 unspecified atom stereocenters. The van der Waals surface area contributed by atoms with E-state index in [1.54, 1.807) is 31.4 Å². The third kappa shape index (κ3) is 6.19. The molecule has 0 saturated carbocycles. The Kier molecular flexibility index (Phi) is 7.86. The Morgan fingerprint density at radius 1 is 1.19 bits per heavy atom. The molecular weight excluding hydrogens is 416 g/mol. The van der Waals surface area contributed by atoms with E-state index in [4.69, 9.17) is 4.74 Å². The molecule has 3 amide bonds. The van der Waals surface area contributed by atoms with Crippen molar-refractivity contribution in [2.45, 2.75) is 18.9 Å². The number of hydrogen-bond donors (Lipinski definition) is 2. The Balaban J connectivity index is 1.55. The van der Waals surface area contributed by atoms with Gasteiger partial charge in [-0.2, -0.15) is 0 Å². The highest BCUT2D eigenvalue weighted by Crippen LogP contribution is 2.32. The molecule has 1 aliphatic rings. The van der Waals surface area contributed by atoms with Gasteiger partial charge in [-0.1, -0.05) is 42.5 Å². The second-order valence-electron chi connectivity index (χ2n) is 7.00. The first-order chi connectivity index (χ1) is 15.0. The van der Waals surface area contributed by atoms with E-state index in [2.05, 4.69) is 5.32 Å². The quantitative estimate of drug-likeness (QED) is 0.582. The van der Waals surface area contributed by atoms with Gasteiger partial charge in [0.2, 0.25) is 5.91 Å². The summed E-state index contributed by atoms with van der Waals surface area (Å²) in [6.07, 6.45) is 2.10. The molecule has 162 valence electrons. The van der Waals surface area contributed by atoms with E-state index in [1.807, 2.05) is 36.4 Å². The van der Waals surface area contributed by atoms with Crippen molar-refractivity contribution in [3.8, 4) is 5.75 Å². The van der Waals surface area contributed by atoms with Crippen molar-refractivity contribution in [3.05, 3.63) is 70.6 Å². The van der Waals surface area contributed by atoms with Crippen LogP contribution in [0.4, 0.5) is 4.79 Å². The molecule has 0 radical (unpaired) electrons. The number of aliphatic hydroxyl groups is 1. The summed E-state index contributed by atoms with van der Waals surface area (Å²) >= 11 is 0.848. The maximum Gasteiger partial charge on any atom is 0.293 e. The van der Waals surface area contributed by atoms with Gasteiger partial charge in [0.1, 0.15) is 5.75 Å². The summed E-state index contributed by atoms with van der Waals surface area (Å²) in [5, 5.41) is 11.9. The van der Waals surface area contributed by atoms with Gasteiger partial charge in [0.25, 0.3) is 11.1 Å². The fraction of sp³-hybridized carbons (Fsp3) is 0.261. The second-order valence-corrected chi connectivity index (χ2v) is 7.99. The first kappa shape index (κ1) is 22.6. The molecule has 1 fully saturated rings. The van der Waals surface area contributed by atoms with Crippen LogP contribution < -0.4 is 10.1 Å². The average Bonchev–Trinajstić information content (AvgIpc) is 3.04. The lowest BCUT2D eigenvalue weighted by molar-refractivity contribution is -0.124. The molecule has 0 aromatic heterocycles. The van der Waals surface area contributed by atoms with Crippen LogP contribution in [-0.4, -0.2) is 53.4 Å². The molecule has 2 N–H and O–H groups in total. The molecule has 8 heteroatoms. The molecule has 7 nitrogen and oxygen atoms in total. The minimum Gasteiger partial charge on any atom is -0.497 e. The monoisotopic (exact) mass is 440 g/mol. The van der Waals surface area contributed by atoms with Crippen molar-refractivity contribution in [3.63, 3.8) is 0 Å². The molecule has 0 bridgehead atoms. The lowest BCUT2D eigenvalue weighted by Gasteiger charge is -2.18. The number of hydrogen-bond acceptors (Lipinski definition) is 6. The lowest BCUT2D eigenvalue weighted by atomic mass is 10.1. The van der Waals surface area contributed by atoms with E-state index in [0.717, 1.165) is 27.8 Å². The number of thioether (sulfide) groups is 1. The van der Waals surface area contributed by atoms with Crippen molar-refractivity contribution in [1.82, 2.24) is 10.2 Å². The molecule has 2 aromatic carbocycles. The molecule has 0 aliphatic carbocycles. The van der Waals surface area contributed by atoms with Gasteiger partial charge in [0.15, 0.2) is 0 Å². The van der Waals surface area contributed by atoms with E-state index in [9.17, 15) is 19.5 Å². The van der Waals surface area contributed by atoms with Crippen LogP contribution in [0.5, 0.6) is 5.75 Å². The lowest BCUT2D eigenvalue weighted by Crippen LogP contribution is -2.41. The standard InChI is InChI=1S/C23H24N2O5S/c1-30-19-9-5-8-17(13-19)14-20-22(28)25(23(29)31-20)11-10-21(27)24-18(15-26)12-16-6-3-2-4-7-16/h2-9,13-14,18,26H,10-12,15H2,1H3,(H,24,27). The van der Waals surface area contributed by atoms with Crippen LogP contribution in [0.15, 0.2) is 59.5 Å². The Hall–Kier alpha value is -3.10. The summed E-state index contributed by atoms with van der Waals surface area (Å²) in [5.41, 5.74) is 1.74. The maximum atomic E-state index is 12.6. The summed E-state index contributed by atoms with van der Waals surface area (Å²) in [7, 11) is 1.55. The average molecular weight is 441 g/mol. The van der Waals surface area contributed by atoms with E-state index in [1.165, 1.54) is 0 Å². The summed E-state index contributed by atoms with van der Waals surface area (Å²) in [5.74, 6) is -0.0991. The zero-order valence-corrected chi connectivity index (χ0v) is 17.9. The van der Waals surface area contributed by atoms with Crippen molar-refractivity contribution >= 4 is 34.9 Å². The summed E-state index contributed by atoms with van der Waals surface area (Å²) in [4.78, 5) is 38.6. The van der Waals surface area contributed by atoms with E-state index in [0.29, 0.717) is 17.1 Å². The molecule has 1 atom stereocenters. The van der Waals surface area contributed by atoms with Crippen LogP contribution >= 0.6 is 11.8 Å². The maximum absolute atomic E-state index is 12.6. The third-order valence-corrected chi connectivity index (χ3v) is 5.65.